The van der Waals surface area contributed by atoms with E-state index in [4.69, 9.17) is 28.4 Å². The fraction of sp³-hybridized carbons (Fsp3) is 0.873. The maximum atomic E-state index is 13.3. The fourth-order valence-corrected chi connectivity index (χ4v) is 9.46. The molecule has 0 spiro atoms. The molecule has 74 heavy (non-hydrogen) atoms. The van der Waals surface area contributed by atoms with E-state index in [0.29, 0.717) is 12.8 Å². The number of unbranched alkanes of at least 4 members (excludes halogenated alkanes) is 20. The van der Waals surface area contributed by atoms with E-state index in [1.165, 1.54) is 96.3 Å². The van der Waals surface area contributed by atoms with Gasteiger partial charge in [-0.05, 0) is 44.9 Å². The smallest absolute Gasteiger partial charge is 0.220 e. The molecule has 19 nitrogen and oxygen atoms in total. The van der Waals surface area contributed by atoms with E-state index in [0.717, 1.165) is 44.9 Å². The van der Waals surface area contributed by atoms with Crippen molar-refractivity contribution in [2.75, 3.05) is 26.4 Å². The third-order valence-electron chi connectivity index (χ3n) is 14.2. The predicted octanol–water partition coefficient (Wildman–Crippen LogP) is 3.76. The maximum absolute atomic E-state index is 13.3. The first kappa shape index (κ1) is 66.3. The zero-order chi connectivity index (χ0) is 54.1. The van der Waals surface area contributed by atoms with Gasteiger partial charge in [-0.15, -0.1) is 0 Å². The number of hydrogen-bond donors (Lipinski definition) is 12. The summed E-state index contributed by atoms with van der Waals surface area (Å²) in [5, 5.41) is 120. The minimum atomic E-state index is -1.98. The van der Waals surface area contributed by atoms with Crippen molar-refractivity contribution in [2.45, 2.75) is 279 Å². The Labute approximate surface area is 440 Å². The lowest BCUT2D eigenvalue weighted by molar-refractivity contribution is -0.379. The molecule has 0 aromatic carbocycles. The van der Waals surface area contributed by atoms with E-state index < -0.39 is 124 Å². The second kappa shape index (κ2) is 39.4. The van der Waals surface area contributed by atoms with Crippen LogP contribution in [0.2, 0.25) is 0 Å². The summed E-state index contributed by atoms with van der Waals surface area (Å²) in [4.78, 5) is 13.3. The predicted molar refractivity (Wildman–Crippen MR) is 277 cm³/mol. The second-order valence-corrected chi connectivity index (χ2v) is 20.4. The Balaban J connectivity index is 1.55. The molecule has 3 rings (SSSR count). The zero-order valence-corrected chi connectivity index (χ0v) is 44.6. The van der Waals surface area contributed by atoms with Gasteiger partial charge >= 0.3 is 0 Å². The largest absolute Gasteiger partial charge is 0.394 e. The van der Waals surface area contributed by atoms with Crippen LogP contribution in [0.5, 0.6) is 0 Å². The van der Waals surface area contributed by atoms with E-state index >= 15 is 0 Å². The van der Waals surface area contributed by atoms with Gasteiger partial charge in [-0.25, -0.2) is 0 Å². The van der Waals surface area contributed by atoms with Gasteiger partial charge in [-0.3, -0.25) is 4.79 Å². The van der Waals surface area contributed by atoms with Gasteiger partial charge < -0.3 is 89.9 Å². The molecule has 3 aliphatic heterocycles. The monoisotopic (exact) mass is 1060 g/mol. The van der Waals surface area contributed by atoms with Crippen molar-refractivity contribution in [3.8, 4) is 0 Å². The van der Waals surface area contributed by atoms with Gasteiger partial charge in [0.1, 0.15) is 73.2 Å². The first-order valence-electron chi connectivity index (χ1n) is 28.2. The normalized spacial score (nSPS) is 31.7. The van der Waals surface area contributed by atoms with Crippen LogP contribution >= 0.6 is 0 Å². The van der Waals surface area contributed by atoms with Gasteiger partial charge in [0.2, 0.25) is 5.91 Å². The fourth-order valence-electron chi connectivity index (χ4n) is 9.46. The lowest BCUT2D eigenvalue weighted by atomic mass is 9.96. The van der Waals surface area contributed by atoms with Crippen molar-refractivity contribution in [2.24, 2.45) is 0 Å². The van der Waals surface area contributed by atoms with Crippen LogP contribution in [0.3, 0.4) is 0 Å². The van der Waals surface area contributed by atoms with Crippen molar-refractivity contribution < 1.29 is 89.4 Å². The molecular formula is C55H99NO18. The highest BCUT2D eigenvalue weighted by Gasteiger charge is 2.53. The van der Waals surface area contributed by atoms with Crippen LogP contribution in [0.25, 0.3) is 0 Å². The van der Waals surface area contributed by atoms with E-state index in [9.17, 15) is 61.0 Å². The first-order valence-corrected chi connectivity index (χ1v) is 28.2. The van der Waals surface area contributed by atoms with Gasteiger partial charge in [0.15, 0.2) is 18.9 Å². The van der Waals surface area contributed by atoms with Gasteiger partial charge in [0.05, 0.1) is 38.6 Å². The Morgan fingerprint density at radius 1 is 0.473 bits per heavy atom. The lowest BCUT2D eigenvalue weighted by Crippen LogP contribution is -2.66. The van der Waals surface area contributed by atoms with E-state index in [2.05, 4.69) is 43.5 Å². The molecule has 1 amide bonds. The highest BCUT2D eigenvalue weighted by Crippen LogP contribution is 2.33. The van der Waals surface area contributed by atoms with E-state index in [1.54, 1.807) is 6.08 Å². The van der Waals surface area contributed by atoms with Crippen LogP contribution in [0.1, 0.15) is 174 Å². The Hall–Kier alpha value is -1.99. The van der Waals surface area contributed by atoms with Crippen LogP contribution < -0.4 is 5.32 Å². The molecule has 12 N–H and O–H groups in total. The molecule has 19 heteroatoms. The lowest BCUT2D eigenvalue weighted by Gasteiger charge is -2.48. The number of allylic oxidation sites excluding steroid dienone is 5. The molecule has 3 aliphatic rings. The summed E-state index contributed by atoms with van der Waals surface area (Å²) < 4.78 is 34.1. The standard InChI is InChI=1S/C55H99NO18/c1-3-5-7-9-11-13-15-17-18-19-21-22-24-26-28-30-32-39(60)38(56-43(61)33-31-29-27-25-23-20-16-14-12-10-8-6-4-2)37-69-53-49(67)46(64)51(41(35-58)71-53)74-55-50(68)47(65)52(42(36-59)72-55)73-54-48(66)45(63)44(62)40(34-57)70-54/h17-18,22,24,30,32,38-42,44-55,57-60,62-68H,3-16,19-21,23,25-29,31,33-37H2,1-2H3,(H,56,61)/b18-17+,24-22+,32-30+. The summed E-state index contributed by atoms with van der Waals surface area (Å²) >= 11 is 0. The molecular weight excluding hydrogens is 963 g/mol. The van der Waals surface area contributed by atoms with Gasteiger partial charge in [0.25, 0.3) is 0 Å². The number of aliphatic hydroxyl groups excluding tert-OH is 11. The zero-order valence-electron chi connectivity index (χ0n) is 44.6. The molecule has 0 aliphatic carbocycles. The topological polar surface area (TPSA) is 307 Å². The molecule has 17 unspecified atom stereocenters. The summed E-state index contributed by atoms with van der Waals surface area (Å²) in [7, 11) is 0. The Bertz CT molecular complexity index is 1500. The molecule has 0 aromatic rings. The van der Waals surface area contributed by atoms with Gasteiger partial charge in [-0.1, -0.05) is 159 Å². The maximum Gasteiger partial charge on any atom is 0.220 e. The van der Waals surface area contributed by atoms with Crippen molar-refractivity contribution in [1.29, 1.82) is 0 Å². The van der Waals surface area contributed by atoms with Gasteiger partial charge in [0, 0.05) is 6.42 Å². The van der Waals surface area contributed by atoms with Crippen LogP contribution in [0.4, 0.5) is 0 Å². The molecule has 3 fully saturated rings. The molecule has 0 radical (unpaired) electrons. The number of carbonyl (C=O) groups excluding carboxylic acids is 1. The molecule has 0 saturated carbocycles. The molecule has 432 valence electrons. The highest BCUT2D eigenvalue weighted by molar-refractivity contribution is 5.76. The Kier molecular flexibility index (Phi) is 35.3. The Morgan fingerprint density at radius 2 is 0.865 bits per heavy atom. The summed E-state index contributed by atoms with van der Waals surface area (Å²) in [6, 6.07) is -0.991. The first-order chi connectivity index (χ1) is 35.8. The number of aliphatic hydroxyl groups is 11. The number of ether oxygens (including phenoxy) is 6. The summed E-state index contributed by atoms with van der Waals surface area (Å²) in [5.41, 5.74) is 0. The summed E-state index contributed by atoms with van der Waals surface area (Å²) in [6.45, 7) is 1.66. The van der Waals surface area contributed by atoms with Gasteiger partial charge in [-0.2, -0.15) is 0 Å². The Morgan fingerprint density at radius 3 is 1.35 bits per heavy atom. The van der Waals surface area contributed by atoms with Crippen molar-refractivity contribution >= 4 is 5.91 Å². The summed E-state index contributed by atoms with van der Waals surface area (Å²) in [5.74, 6) is -0.292. The van der Waals surface area contributed by atoms with Crippen molar-refractivity contribution in [3.63, 3.8) is 0 Å². The average Bonchev–Trinajstić information content (AvgIpc) is 3.40. The van der Waals surface area contributed by atoms with Crippen LogP contribution in [0, 0.1) is 0 Å². The number of hydrogen-bond acceptors (Lipinski definition) is 18. The van der Waals surface area contributed by atoms with Crippen molar-refractivity contribution in [3.05, 3.63) is 36.5 Å². The highest BCUT2D eigenvalue weighted by atomic mass is 16.8. The number of nitrogens with one attached hydrogen (secondary N) is 1. The summed E-state index contributed by atoms with van der Waals surface area (Å²) in [6.07, 6.45) is 12.8. The number of rotatable bonds is 40. The second-order valence-electron chi connectivity index (χ2n) is 20.4. The van der Waals surface area contributed by atoms with Crippen LogP contribution in [-0.4, -0.2) is 193 Å². The minimum absolute atomic E-state index is 0.234. The molecule has 0 bridgehead atoms. The number of carbonyl (C=O) groups is 1. The molecule has 3 saturated heterocycles. The molecule has 3 heterocycles. The van der Waals surface area contributed by atoms with Crippen LogP contribution in [0.15, 0.2) is 36.5 Å². The quantitative estimate of drug-likeness (QED) is 0.0307. The minimum Gasteiger partial charge on any atom is -0.394 e. The third kappa shape index (κ3) is 23.9. The average molecular weight is 1060 g/mol. The van der Waals surface area contributed by atoms with Crippen LogP contribution in [-0.2, 0) is 33.2 Å². The molecule has 17 atom stereocenters. The SMILES string of the molecule is CCCCCCCC/C=C/CC/C=C/CC/C=C/C(O)C(COC1OC(CO)C(OC2OC(CO)C(OC3OC(CO)C(O)C(O)C3O)C(O)C2O)C(O)C1O)NC(=O)CCCCCCCCCCCCCCC. The van der Waals surface area contributed by atoms with E-state index in [1.807, 2.05) is 6.08 Å². The number of amides is 1. The van der Waals surface area contributed by atoms with E-state index in [-0.39, 0.29) is 18.9 Å². The third-order valence-corrected chi connectivity index (χ3v) is 14.2. The molecule has 0 aromatic heterocycles. The van der Waals surface area contributed by atoms with Crippen molar-refractivity contribution in [1.82, 2.24) is 5.32 Å².